The minimum atomic E-state index is -0.685. The molecule has 0 aromatic heterocycles. The van der Waals surface area contributed by atoms with Crippen LogP contribution in [-0.4, -0.2) is 18.2 Å². The fourth-order valence-corrected chi connectivity index (χ4v) is 2.29. The Morgan fingerprint density at radius 3 is 2.57 bits per heavy atom. The number of ether oxygens (including phenoxy) is 1. The largest absolute Gasteiger partial charge is 0.386 e. The van der Waals surface area contributed by atoms with Crippen LogP contribution in [0, 0.1) is 3.57 Å². The standard InChI is InChI=1S/C16H17IO4/c1-12(8-4-2-3-7-11-18)15(19)21-16(20)13-9-5-6-10-14(13)17/h5-6,9-11H,1-4,7-8H2. The molecule has 0 aliphatic rings. The first-order valence-electron chi connectivity index (χ1n) is 6.68. The predicted molar refractivity (Wildman–Crippen MR) is 87.9 cm³/mol. The van der Waals surface area contributed by atoms with Crippen molar-refractivity contribution in [1.82, 2.24) is 0 Å². The first-order valence-corrected chi connectivity index (χ1v) is 7.76. The zero-order chi connectivity index (χ0) is 15.7. The second kappa shape index (κ2) is 9.44. The molecule has 0 radical (unpaired) electrons. The Morgan fingerprint density at radius 2 is 1.90 bits per heavy atom. The zero-order valence-corrected chi connectivity index (χ0v) is 13.8. The van der Waals surface area contributed by atoms with Crippen LogP contribution in [0.15, 0.2) is 36.4 Å². The van der Waals surface area contributed by atoms with Gasteiger partial charge in [0.15, 0.2) is 0 Å². The summed E-state index contributed by atoms with van der Waals surface area (Å²) < 4.78 is 5.55. The van der Waals surface area contributed by atoms with Gasteiger partial charge in [-0.05, 0) is 54.0 Å². The highest BCUT2D eigenvalue weighted by molar-refractivity contribution is 14.1. The molecule has 1 rings (SSSR count). The molecule has 4 nitrogen and oxygen atoms in total. The Morgan fingerprint density at radius 1 is 1.19 bits per heavy atom. The van der Waals surface area contributed by atoms with E-state index in [1.165, 1.54) is 0 Å². The second-order valence-corrected chi connectivity index (χ2v) is 5.69. The number of benzene rings is 1. The van der Waals surface area contributed by atoms with Crippen molar-refractivity contribution in [2.45, 2.75) is 32.1 Å². The van der Waals surface area contributed by atoms with Gasteiger partial charge in [-0.2, -0.15) is 0 Å². The Bertz CT molecular complexity index is 537. The van der Waals surface area contributed by atoms with Gasteiger partial charge in [-0.1, -0.05) is 25.1 Å². The van der Waals surface area contributed by atoms with Gasteiger partial charge in [0, 0.05) is 15.6 Å². The minimum Gasteiger partial charge on any atom is -0.386 e. The molecule has 0 heterocycles. The molecule has 0 unspecified atom stereocenters. The molecule has 0 saturated carbocycles. The molecule has 0 saturated heterocycles. The van der Waals surface area contributed by atoms with Gasteiger partial charge in [-0.3, -0.25) is 0 Å². The zero-order valence-electron chi connectivity index (χ0n) is 11.6. The van der Waals surface area contributed by atoms with Gasteiger partial charge in [0.05, 0.1) is 5.56 Å². The van der Waals surface area contributed by atoms with E-state index < -0.39 is 11.9 Å². The number of esters is 2. The lowest BCUT2D eigenvalue weighted by Gasteiger charge is -2.06. The summed E-state index contributed by atoms with van der Waals surface area (Å²) in [5, 5.41) is 0. The number of carbonyl (C=O) groups is 3. The van der Waals surface area contributed by atoms with E-state index in [0.29, 0.717) is 18.4 Å². The molecule has 0 aliphatic heterocycles. The summed E-state index contributed by atoms with van der Waals surface area (Å²) in [5.41, 5.74) is 0.644. The van der Waals surface area contributed by atoms with Gasteiger partial charge >= 0.3 is 11.9 Å². The molecular formula is C16H17IO4. The van der Waals surface area contributed by atoms with Crippen molar-refractivity contribution in [1.29, 1.82) is 0 Å². The summed E-state index contributed by atoms with van der Waals surface area (Å²) in [5.74, 6) is -1.35. The van der Waals surface area contributed by atoms with Crippen LogP contribution in [0.5, 0.6) is 0 Å². The average Bonchev–Trinajstić information content (AvgIpc) is 2.47. The highest BCUT2D eigenvalue weighted by atomic mass is 127. The van der Waals surface area contributed by atoms with Crippen molar-refractivity contribution >= 4 is 40.8 Å². The van der Waals surface area contributed by atoms with E-state index in [4.69, 9.17) is 4.74 Å². The molecule has 0 spiro atoms. The molecule has 1 aromatic carbocycles. The molecule has 0 amide bonds. The van der Waals surface area contributed by atoms with Crippen LogP contribution in [0.2, 0.25) is 0 Å². The van der Waals surface area contributed by atoms with Crippen molar-refractivity contribution in [3.8, 4) is 0 Å². The number of unbranched alkanes of at least 4 members (excludes halogenated alkanes) is 3. The summed E-state index contributed by atoms with van der Waals surface area (Å²) in [6.45, 7) is 3.64. The summed E-state index contributed by atoms with van der Waals surface area (Å²) in [4.78, 5) is 33.8. The summed E-state index contributed by atoms with van der Waals surface area (Å²) >= 11 is 2.01. The quantitative estimate of drug-likeness (QED) is 0.167. The van der Waals surface area contributed by atoms with Crippen LogP contribution in [0.4, 0.5) is 0 Å². The van der Waals surface area contributed by atoms with Crippen molar-refractivity contribution in [3.63, 3.8) is 0 Å². The second-order valence-electron chi connectivity index (χ2n) is 4.53. The first kappa shape index (κ1) is 17.6. The molecule has 21 heavy (non-hydrogen) atoms. The molecular weight excluding hydrogens is 383 g/mol. The van der Waals surface area contributed by atoms with E-state index in [9.17, 15) is 14.4 Å². The maximum Gasteiger partial charge on any atom is 0.347 e. The number of hydrogen-bond donors (Lipinski definition) is 0. The monoisotopic (exact) mass is 400 g/mol. The fraction of sp³-hybridized carbons (Fsp3) is 0.312. The third-order valence-electron chi connectivity index (χ3n) is 2.87. The molecule has 0 atom stereocenters. The van der Waals surface area contributed by atoms with E-state index in [1.807, 2.05) is 22.6 Å². The van der Waals surface area contributed by atoms with Crippen LogP contribution >= 0.6 is 22.6 Å². The van der Waals surface area contributed by atoms with Crippen molar-refractivity contribution in [2.75, 3.05) is 0 Å². The average molecular weight is 400 g/mol. The van der Waals surface area contributed by atoms with Crippen molar-refractivity contribution < 1.29 is 19.1 Å². The van der Waals surface area contributed by atoms with Crippen LogP contribution in [0.1, 0.15) is 42.5 Å². The highest BCUT2D eigenvalue weighted by Crippen LogP contribution is 2.15. The maximum absolute atomic E-state index is 11.9. The minimum absolute atomic E-state index is 0.278. The smallest absolute Gasteiger partial charge is 0.347 e. The first-order chi connectivity index (χ1) is 10.1. The highest BCUT2D eigenvalue weighted by Gasteiger charge is 2.17. The van der Waals surface area contributed by atoms with Crippen LogP contribution in [-0.2, 0) is 14.3 Å². The summed E-state index contributed by atoms with van der Waals surface area (Å²) in [7, 11) is 0. The summed E-state index contributed by atoms with van der Waals surface area (Å²) in [6, 6.07) is 6.90. The summed E-state index contributed by atoms with van der Waals surface area (Å²) in [6.07, 6.45) is 4.27. The van der Waals surface area contributed by atoms with E-state index in [0.717, 1.165) is 29.1 Å². The Labute approximate surface area is 137 Å². The van der Waals surface area contributed by atoms with Gasteiger partial charge < -0.3 is 9.53 Å². The van der Waals surface area contributed by atoms with E-state index >= 15 is 0 Å². The predicted octanol–water partition coefficient (Wildman–Crippen LogP) is 3.68. The van der Waals surface area contributed by atoms with Crippen LogP contribution < -0.4 is 0 Å². The number of aldehydes is 1. The number of halogens is 1. The molecule has 0 fully saturated rings. The molecule has 5 heteroatoms. The lowest BCUT2D eigenvalue weighted by molar-refractivity contribution is -0.133. The SMILES string of the molecule is C=C(CCCCCC=O)C(=O)OC(=O)c1ccccc1I. The van der Waals surface area contributed by atoms with Gasteiger partial charge in [0.2, 0.25) is 0 Å². The third kappa shape index (κ3) is 6.20. The Hall–Kier alpha value is -1.50. The van der Waals surface area contributed by atoms with Gasteiger partial charge in [-0.25, -0.2) is 9.59 Å². The normalized spacial score (nSPS) is 9.95. The van der Waals surface area contributed by atoms with Crippen molar-refractivity contribution in [3.05, 3.63) is 45.6 Å². The lowest BCUT2D eigenvalue weighted by Crippen LogP contribution is -2.15. The van der Waals surface area contributed by atoms with E-state index in [2.05, 4.69) is 6.58 Å². The molecule has 0 N–H and O–H groups in total. The Balaban J connectivity index is 2.42. The van der Waals surface area contributed by atoms with Gasteiger partial charge in [0.25, 0.3) is 0 Å². The van der Waals surface area contributed by atoms with E-state index in [-0.39, 0.29) is 5.57 Å². The van der Waals surface area contributed by atoms with Crippen LogP contribution in [0.3, 0.4) is 0 Å². The molecule has 112 valence electrons. The fourth-order valence-electron chi connectivity index (χ4n) is 1.68. The lowest BCUT2D eigenvalue weighted by atomic mass is 10.1. The van der Waals surface area contributed by atoms with Gasteiger partial charge in [0.1, 0.15) is 6.29 Å². The molecule has 0 bridgehead atoms. The number of carbonyl (C=O) groups excluding carboxylic acids is 3. The Kier molecular flexibility index (Phi) is 7.89. The van der Waals surface area contributed by atoms with Crippen LogP contribution in [0.25, 0.3) is 0 Å². The van der Waals surface area contributed by atoms with Gasteiger partial charge in [-0.15, -0.1) is 0 Å². The number of rotatable bonds is 8. The van der Waals surface area contributed by atoms with Crippen molar-refractivity contribution in [2.24, 2.45) is 0 Å². The van der Waals surface area contributed by atoms with E-state index in [1.54, 1.807) is 24.3 Å². The molecule has 1 aromatic rings. The number of hydrogen-bond acceptors (Lipinski definition) is 4. The maximum atomic E-state index is 11.9. The topological polar surface area (TPSA) is 60.4 Å². The third-order valence-corrected chi connectivity index (χ3v) is 3.81. The molecule has 0 aliphatic carbocycles.